The van der Waals surface area contributed by atoms with Crippen LogP contribution in [0.2, 0.25) is 0 Å². The Kier molecular flexibility index (Phi) is 6.97. The number of H-pyrrole nitrogens is 1. The van der Waals surface area contributed by atoms with Gasteiger partial charge in [-0.1, -0.05) is 13.0 Å². The van der Waals surface area contributed by atoms with E-state index in [1.165, 1.54) is 23.4 Å². The molecule has 0 amide bonds. The van der Waals surface area contributed by atoms with Crippen LogP contribution in [0.15, 0.2) is 24.4 Å². The molecule has 0 saturated carbocycles. The van der Waals surface area contributed by atoms with Crippen molar-refractivity contribution in [1.29, 1.82) is 0 Å². The molecule has 1 atom stereocenters. The molecule has 1 aliphatic carbocycles. The number of rotatable bonds is 8. The molecule has 3 heterocycles. The molecule has 178 valence electrons. The average Bonchev–Trinajstić information content (AvgIpc) is 3.40. The van der Waals surface area contributed by atoms with Crippen molar-refractivity contribution in [3.63, 3.8) is 0 Å². The molecule has 0 spiro atoms. The molecular formula is C25H35FN6S. The Labute approximate surface area is 199 Å². The number of hydrogen-bond acceptors (Lipinski definition) is 6. The quantitative estimate of drug-likeness (QED) is 0.525. The Morgan fingerprint density at radius 3 is 2.85 bits per heavy atom. The van der Waals surface area contributed by atoms with E-state index in [9.17, 15) is 4.39 Å². The maximum atomic E-state index is 14.3. The highest BCUT2D eigenvalue weighted by Crippen LogP contribution is 2.30. The second kappa shape index (κ2) is 10.1. The molecule has 8 heteroatoms. The Morgan fingerprint density at radius 1 is 1.21 bits per heavy atom. The van der Waals surface area contributed by atoms with Crippen molar-refractivity contribution in [2.24, 2.45) is 0 Å². The van der Waals surface area contributed by atoms with Crippen LogP contribution in [0, 0.1) is 5.82 Å². The standard InChI is InChI=1S/C25H35FN6S/c1-2-8-32(19-6-7-21-23(15-19)33-25(27)29-21)14-13-30-9-11-31(12-10-30)17-18-16-28-22-5-3-4-20(26)24(18)22/h3-5,16,19,28H,2,6-15,17H2,1H3,(H2,27,29). The number of thiazole rings is 1. The molecule has 1 saturated heterocycles. The van der Waals surface area contributed by atoms with Gasteiger partial charge in [-0.15, -0.1) is 11.3 Å². The van der Waals surface area contributed by atoms with Gasteiger partial charge in [-0.3, -0.25) is 14.7 Å². The van der Waals surface area contributed by atoms with E-state index < -0.39 is 0 Å². The number of nitrogens with two attached hydrogens (primary N) is 1. The van der Waals surface area contributed by atoms with Crippen LogP contribution < -0.4 is 5.73 Å². The number of anilines is 1. The summed E-state index contributed by atoms with van der Waals surface area (Å²) >= 11 is 1.68. The Bertz CT molecular complexity index is 1070. The van der Waals surface area contributed by atoms with Crippen LogP contribution in [0.5, 0.6) is 0 Å². The minimum atomic E-state index is -0.130. The molecule has 3 N–H and O–H groups in total. The molecule has 5 rings (SSSR count). The van der Waals surface area contributed by atoms with Gasteiger partial charge in [0.2, 0.25) is 0 Å². The predicted molar refractivity (Wildman–Crippen MR) is 134 cm³/mol. The maximum absolute atomic E-state index is 14.3. The Balaban J connectivity index is 1.12. The summed E-state index contributed by atoms with van der Waals surface area (Å²) in [6.07, 6.45) is 6.49. The molecule has 6 nitrogen and oxygen atoms in total. The van der Waals surface area contributed by atoms with Gasteiger partial charge in [0, 0.05) is 73.8 Å². The summed E-state index contributed by atoms with van der Waals surface area (Å²) in [4.78, 5) is 16.9. The van der Waals surface area contributed by atoms with Crippen molar-refractivity contribution in [3.8, 4) is 0 Å². The van der Waals surface area contributed by atoms with E-state index in [1.807, 2.05) is 12.3 Å². The topological polar surface area (TPSA) is 64.4 Å². The first-order chi connectivity index (χ1) is 16.1. The van der Waals surface area contributed by atoms with Crippen LogP contribution >= 0.6 is 11.3 Å². The third-order valence-corrected chi connectivity index (χ3v) is 8.21. The fraction of sp³-hybridized carbons (Fsp3) is 0.560. The monoisotopic (exact) mass is 470 g/mol. The third-order valence-electron chi connectivity index (χ3n) is 7.26. The molecule has 1 unspecified atom stereocenters. The summed E-state index contributed by atoms with van der Waals surface area (Å²) in [5, 5.41) is 1.46. The second-order valence-electron chi connectivity index (χ2n) is 9.45. The van der Waals surface area contributed by atoms with Crippen LogP contribution in [0.3, 0.4) is 0 Å². The minimum Gasteiger partial charge on any atom is -0.375 e. The first-order valence-electron chi connectivity index (χ1n) is 12.3. The minimum absolute atomic E-state index is 0.130. The second-order valence-corrected chi connectivity index (χ2v) is 10.6. The van der Waals surface area contributed by atoms with Gasteiger partial charge in [0.1, 0.15) is 5.82 Å². The van der Waals surface area contributed by atoms with Crippen molar-refractivity contribution < 1.29 is 4.39 Å². The Hall–Kier alpha value is -2.00. The van der Waals surface area contributed by atoms with Gasteiger partial charge in [-0.05, 0) is 49.9 Å². The number of piperazine rings is 1. The smallest absolute Gasteiger partial charge is 0.180 e. The van der Waals surface area contributed by atoms with E-state index in [1.54, 1.807) is 23.5 Å². The molecule has 0 radical (unpaired) electrons. The van der Waals surface area contributed by atoms with E-state index in [-0.39, 0.29) is 5.82 Å². The zero-order chi connectivity index (χ0) is 22.8. The number of nitrogens with one attached hydrogen (secondary N) is 1. The van der Waals surface area contributed by atoms with Gasteiger partial charge in [0.15, 0.2) is 5.13 Å². The van der Waals surface area contributed by atoms with Gasteiger partial charge in [-0.25, -0.2) is 9.37 Å². The lowest BCUT2D eigenvalue weighted by Gasteiger charge is -2.38. The number of halogens is 1. The van der Waals surface area contributed by atoms with Crippen LogP contribution in [0.4, 0.5) is 9.52 Å². The number of nitrogen functional groups attached to an aromatic ring is 1. The van der Waals surface area contributed by atoms with Crippen molar-refractivity contribution >= 4 is 27.4 Å². The van der Waals surface area contributed by atoms with E-state index in [4.69, 9.17) is 5.73 Å². The molecule has 1 aromatic carbocycles. The summed E-state index contributed by atoms with van der Waals surface area (Å²) < 4.78 is 14.3. The number of fused-ring (bicyclic) bond motifs is 2. The van der Waals surface area contributed by atoms with Crippen LogP contribution in [0.1, 0.15) is 35.9 Å². The maximum Gasteiger partial charge on any atom is 0.180 e. The average molecular weight is 471 g/mol. The number of benzene rings is 1. The third kappa shape index (κ3) is 5.09. The lowest BCUT2D eigenvalue weighted by Crippen LogP contribution is -2.49. The predicted octanol–water partition coefficient (Wildman–Crippen LogP) is 3.73. The number of aryl methyl sites for hydroxylation is 1. The van der Waals surface area contributed by atoms with Gasteiger partial charge >= 0.3 is 0 Å². The molecule has 2 aromatic heterocycles. The highest BCUT2D eigenvalue weighted by atomic mass is 32.1. The molecule has 3 aromatic rings. The summed E-state index contributed by atoms with van der Waals surface area (Å²) in [6, 6.07) is 5.86. The summed E-state index contributed by atoms with van der Waals surface area (Å²) in [6.45, 7) is 10.7. The fourth-order valence-electron chi connectivity index (χ4n) is 5.47. The highest BCUT2D eigenvalue weighted by molar-refractivity contribution is 7.15. The first-order valence-corrected chi connectivity index (χ1v) is 13.1. The first kappa shape index (κ1) is 22.8. The van der Waals surface area contributed by atoms with Crippen LogP contribution in [-0.2, 0) is 19.4 Å². The summed E-state index contributed by atoms with van der Waals surface area (Å²) in [7, 11) is 0. The largest absolute Gasteiger partial charge is 0.375 e. The van der Waals surface area contributed by atoms with E-state index >= 15 is 0 Å². The summed E-state index contributed by atoms with van der Waals surface area (Å²) in [5.74, 6) is -0.130. The highest BCUT2D eigenvalue weighted by Gasteiger charge is 2.27. The van der Waals surface area contributed by atoms with E-state index in [0.717, 1.165) is 86.8 Å². The molecule has 0 bridgehead atoms. The van der Waals surface area contributed by atoms with E-state index in [2.05, 4.69) is 31.6 Å². The lowest BCUT2D eigenvalue weighted by molar-refractivity contribution is 0.101. The van der Waals surface area contributed by atoms with Gasteiger partial charge < -0.3 is 10.7 Å². The molecule has 1 fully saturated rings. The fourth-order valence-corrected chi connectivity index (χ4v) is 6.42. The van der Waals surface area contributed by atoms with Gasteiger partial charge in [-0.2, -0.15) is 0 Å². The SMILES string of the molecule is CCCN(CCN1CCN(Cc2c[nH]c3cccc(F)c23)CC1)C1CCc2nc(N)sc2C1. The van der Waals surface area contributed by atoms with Crippen LogP contribution in [-0.4, -0.2) is 76.5 Å². The zero-order valence-electron chi connectivity index (χ0n) is 19.5. The molecule has 2 aliphatic rings. The van der Waals surface area contributed by atoms with Crippen molar-refractivity contribution in [3.05, 3.63) is 46.3 Å². The summed E-state index contributed by atoms with van der Waals surface area (Å²) in [5.41, 5.74) is 9.12. The van der Waals surface area contributed by atoms with Crippen LogP contribution in [0.25, 0.3) is 10.9 Å². The molecule has 1 aliphatic heterocycles. The number of aromatic nitrogens is 2. The molecular weight excluding hydrogens is 435 g/mol. The molecule has 33 heavy (non-hydrogen) atoms. The number of nitrogens with zero attached hydrogens (tertiary/aromatic N) is 4. The van der Waals surface area contributed by atoms with Gasteiger partial charge in [0.05, 0.1) is 5.69 Å². The van der Waals surface area contributed by atoms with Gasteiger partial charge in [0.25, 0.3) is 0 Å². The van der Waals surface area contributed by atoms with Crippen molar-refractivity contribution in [1.82, 2.24) is 24.7 Å². The normalized spacial score (nSPS) is 20.0. The lowest BCUT2D eigenvalue weighted by atomic mass is 9.96. The van der Waals surface area contributed by atoms with Crippen molar-refractivity contribution in [2.45, 2.75) is 45.2 Å². The number of aromatic amines is 1. The number of hydrogen-bond donors (Lipinski definition) is 2. The Morgan fingerprint density at radius 2 is 2.03 bits per heavy atom. The van der Waals surface area contributed by atoms with Crippen molar-refractivity contribution in [2.75, 3.05) is 51.5 Å². The van der Waals surface area contributed by atoms with E-state index in [0.29, 0.717) is 6.04 Å². The zero-order valence-corrected chi connectivity index (χ0v) is 20.3.